The SMILES string of the molecule is CCNc1nc(OC)nc(-c2cc(F)ccc2OC)n1. The zero-order valence-corrected chi connectivity index (χ0v) is 11.5. The molecule has 6 nitrogen and oxygen atoms in total. The molecule has 7 heteroatoms. The number of aromatic nitrogens is 3. The molecule has 0 unspecified atom stereocenters. The second-order valence-electron chi connectivity index (χ2n) is 3.84. The van der Waals surface area contributed by atoms with E-state index < -0.39 is 5.82 Å². The minimum absolute atomic E-state index is 0.150. The largest absolute Gasteiger partial charge is 0.496 e. The summed E-state index contributed by atoms with van der Waals surface area (Å²) in [7, 11) is 2.96. The lowest BCUT2D eigenvalue weighted by Crippen LogP contribution is -2.06. The first-order valence-corrected chi connectivity index (χ1v) is 6.05. The molecule has 2 rings (SSSR count). The van der Waals surface area contributed by atoms with Crippen LogP contribution in [0.3, 0.4) is 0 Å². The fraction of sp³-hybridized carbons (Fsp3) is 0.308. The van der Waals surface area contributed by atoms with Crippen LogP contribution >= 0.6 is 0 Å². The van der Waals surface area contributed by atoms with Crippen LogP contribution in [0.2, 0.25) is 0 Å². The van der Waals surface area contributed by atoms with Crippen LogP contribution in [-0.4, -0.2) is 35.7 Å². The summed E-state index contributed by atoms with van der Waals surface area (Å²) >= 11 is 0. The maximum absolute atomic E-state index is 13.4. The van der Waals surface area contributed by atoms with Gasteiger partial charge in [0.1, 0.15) is 11.6 Å². The number of hydrogen-bond donors (Lipinski definition) is 1. The predicted octanol–water partition coefficient (Wildman–Crippen LogP) is 2.13. The first kappa shape index (κ1) is 14.0. The molecule has 106 valence electrons. The molecule has 0 aliphatic heterocycles. The van der Waals surface area contributed by atoms with Gasteiger partial charge in [-0.3, -0.25) is 0 Å². The van der Waals surface area contributed by atoms with Gasteiger partial charge >= 0.3 is 6.01 Å². The summed E-state index contributed by atoms with van der Waals surface area (Å²) in [5.74, 6) is 0.720. The number of nitrogens with one attached hydrogen (secondary N) is 1. The second kappa shape index (κ2) is 6.14. The third kappa shape index (κ3) is 2.93. The molecule has 2 aromatic rings. The molecule has 0 atom stereocenters. The topological polar surface area (TPSA) is 69.2 Å². The number of ether oxygens (including phenoxy) is 2. The van der Waals surface area contributed by atoms with Crippen LogP contribution in [0.4, 0.5) is 10.3 Å². The summed E-state index contributed by atoms with van der Waals surface area (Å²) in [4.78, 5) is 12.4. The summed E-state index contributed by atoms with van der Waals surface area (Å²) < 4.78 is 23.7. The smallest absolute Gasteiger partial charge is 0.321 e. The normalized spacial score (nSPS) is 10.2. The van der Waals surface area contributed by atoms with E-state index in [-0.39, 0.29) is 11.8 Å². The third-order valence-corrected chi connectivity index (χ3v) is 2.53. The van der Waals surface area contributed by atoms with Crippen molar-refractivity contribution in [3.05, 3.63) is 24.0 Å². The Morgan fingerprint density at radius 1 is 1.15 bits per heavy atom. The minimum atomic E-state index is -0.398. The minimum Gasteiger partial charge on any atom is -0.496 e. The molecule has 1 aromatic carbocycles. The van der Waals surface area contributed by atoms with Crippen molar-refractivity contribution in [2.45, 2.75) is 6.92 Å². The highest BCUT2D eigenvalue weighted by atomic mass is 19.1. The lowest BCUT2D eigenvalue weighted by atomic mass is 10.2. The van der Waals surface area contributed by atoms with Gasteiger partial charge in [-0.1, -0.05) is 0 Å². The van der Waals surface area contributed by atoms with Crippen LogP contribution < -0.4 is 14.8 Å². The number of hydrogen-bond acceptors (Lipinski definition) is 6. The molecule has 0 radical (unpaired) electrons. The van der Waals surface area contributed by atoms with E-state index in [0.717, 1.165) is 0 Å². The molecule has 1 aromatic heterocycles. The Morgan fingerprint density at radius 2 is 1.95 bits per heavy atom. The van der Waals surface area contributed by atoms with Gasteiger partial charge < -0.3 is 14.8 Å². The molecule has 0 fully saturated rings. The van der Waals surface area contributed by atoms with Crippen molar-refractivity contribution < 1.29 is 13.9 Å². The van der Waals surface area contributed by atoms with E-state index in [0.29, 0.717) is 23.8 Å². The van der Waals surface area contributed by atoms with E-state index in [9.17, 15) is 4.39 Å². The molecule has 20 heavy (non-hydrogen) atoms. The summed E-state index contributed by atoms with van der Waals surface area (Å²) in [6, 6.07) is 4.29. The molecular weight excluding hydrogens is 263 g/mol. The van der Waals surface area contributed by atoms with Crippen LogP contribution in [0.25, 0.3) is 11.4 Å². The molecule has 0 spiro atoms. The fourth-order valence-corrected chi connectivity index (χ4v) is 1.66. The van der Waals surface area contributed by atoms with Crippen LogP contribution in [-0.2, 0) is 0 Å². The monoisotopic (exact) mass is 278 g/mol. The second-order valence-corrected chi connectivity index (χ2v) is 3.84. The number of anilines is 1. The molecular formula is C13H15FN4O2. The molecule has 0 amide bonds. The molecule has 0 saturated heterocycles. The number of halogens is 1. The van der Waals surface area contributed by atoms with E-state index in [1.165, 1.54) is 32.4 Å². The highest BCUT2D eigenvalue weighted by Crippen LogP contribution is 2.29. The molecule has 0 aliphatic carbocycles. The Bertz CT molecular complexity index is 607. The zero-order chi connectivity index (χ0) is 14.5. The van der Waals surface area contributed by atoms with E-state index in [1.807, 2.05) is 6.92 Å². The van der Waals surface area contributed by atoms with Crippen LogP contribution in [0, 0.1) is 5.82 Å². The van der Waals surface area contributed by atoms with E-state index in [1.54, 1.807) is 0 Å². The Labute approximate surface area is 116 Å². The highest BCUT2D eigenvalue weighted by molar-refractivity contribution is 5.65. The van der Waals surface area contributed by atoms with Gasteiger partial charge in [0.2, 0.25) is 5.95 Å². The van der Waals surface area contributed by atoms with Crippen molar-refractivity contribution in [2.75, 3.05) is 26.1 Å². The lowest BCUT2D eigenvalue weighted by Gasteiger charge is -2.10. The average molecular weight is 278 g/mol. The molecule has 0 saturated carbocycles. The number of nitrogens with zero attached hydrogens (tertiary/aromatic N) is 3. The Morgan fingerprint density at radius 3 is 2.60 bits per heavy atom. The van der Waals surface area contributed by atoms with Gasteiger partial charge in [-0.15, -0.1) is 0 Å². The van der Waals surface area contributed by atoms with Crippen molar-refractivity contribution in [2.24, 2.45) is 0 Å². The van der Waals surface area contributed by atoms with Gasteiger partial charge in [0, 0.05) is 6.54 Å². The molecule has 0 aliphatic rings. The number of rotatable bonds is 5. The van der Waals surface area contributed by atoms with Gasteiger partial charge in [-0.2, -0.15) is 15.0 Å². The van der Waals surface area contributed by atoms with Crippen molar-refractivity contribution in [1.29, 1.82) is 0 Å². The molecule has 1 heterocycles. The third-order valence-electron chi connectivity index (χ3n) is 2.53. The Hall–Kier alpha value is -2.44. The van der Waals surface area contributed by atoms with Gasteiger partial charge in [-0.25, -0.2) is 4.39 Å². The molecule has 0 bridgehead atoms. The zero-order valence-electron chi connectivity index (χ0n) is 11.5. The summed E-state index contributed by atoms with van der Waals surface area (Å²) in [5, 5.41) is 2.97. The highest BCUT2D eigenvalue weighted by Gasteiger charge is 2.14. The Kier molecular flexibility index (Phi) is 4.29. The first-order valence-electron chi connectivity index (χ1n) is 6.05. The summed E-state index contributed by atoms with van der Waals surface area (Å²) in [5.41, 5.74) is 0.437. The van der Waals surface area contributed by atoms with Crippen molar-refractivity contribution in [1.82, 2.24) is 15.0 Å². The van der Waals surface area contributed by atoms with Crippen molar-refractivity contribution in [3.8, 4) is 23.1 Å². The number of benzene rings is 1. The maximum Gasteiger partial charge on any atom is 0.321 e. The lowest BCUT2D eigenvalue weighted by molar-refractivity contribution is 0.379. The maximum atomic E-state index is 13.4. The number of methoxy groups -OCH3 is 2. The van der Waals surface area contributed by atoms with Gasteiger partial charge in [0.05, 0.1) is 19.8 Å². The quantitative estimate of drug-likeness (QED) is 0.903. The van der Waals surface area contributed by atoms with Gasteiger partial charge in [0.25, 0.3) is 0 Å². The first-order chi connectivity index (χ1) is 9.67. The van der Waals surface area contributed by atoms with E-state index in [4.69, 9.17) is 9.47 Å². The summed E-state index contributed by atoms with van der Waals surface area (Å²) in [6.07, 6.45) is 0. The van der Waals surface area contributed by atoms with Crippen LogP contribution in [0.1, 0.15) is 6.92 Å². The van der Waals surface area contributed by atoms with Gasteiger partial charge in [0.15, 0.2) is 5.82 Å². The predicted molar refractivity (Wildman–Crippen MR) is 72.5 cm³/mol. The summed E-state index contributed by atoms with van der Waals surface area (Å²) in [6.45, 7) is 2.56. The average Bonchev–Trinajstić information content (AvgIpc) is 2.47. The van der Waals surface area contributed by atoms with Crippen LogP contribution in [0.5, 0.6) is 11.8 Å². The van der Waals surface area contributed by atoms with E-state index >= 15 is 0 Å². The standard InChI is InChI=1S/C13H15FN4O2/c1-4-15-12-16-11(17-13(18-12)20-3)9-7-8(14)5-6-10(9)19-2/h5-7H,4H2,1-3H3,(H,15,16,17,18). The van der Waals surface area contributed by atoms with Crippen LogP contribution in [0.15, 0.2) is 18.2 Å². The van der Waals surface area contributed by atoms with E-state index in [2.05, 4.69) is 20.3 Å². The van der Waals surface area contributed by atoms with Gasteiger partial charge in [-0.05, 0) is 25.1 Å². The molecule has 1 N–H and O–H groups in total. The van der Waals surface area contributed by atoms with Crippen molar-refractivity contribution >= 4 is 5.95 Å². The Balaban J connectivity index is 2.56. The fourth-order valence-electron chi connectivity index (χ4n) is 1.66. The van der Waals surface area contributed by atoms with Crippen molar-refractivity contribution in [3.63, 3.8) is 0 Å².